The number of benzene rings is 1. The van der Waals surface area contributed by atoms with Crippen molar-refractivity contribution in [3.05, 3.63) is 36.0 Å². The van der Waals surface area contributed by atoms with Gasteiger partial charge in [0.05, 0.1) is 7.11 Å². The quantitative estimate of drug-likeness (QED) is 0.747. The van der Waals surface area contributed by atoms with Gasteiger partial charge in [0.15, 0.2) is 0 Å². The number of nitrogens with one attached hydrogen (secondary N) is 1. The summed E-state index contributed by atoms with van der Waals surface area (Å²) in [6.45, 7) is 5.21. The van der Waals surface area contributed by atoms with Crippen molar-refractivity contribution in [3.8, 4) is 5.75 Å². The van der Waals surface area contributed by atoms with Gasteiger partial charge in [0, 0.05) is 56.7 Å². The van der Waals surface area contributed by atoms with E-state index in [2.05, 4.69) is 15.3 Å². The first-order chi connectivity index (χ1) is 14.5. The number of rotatable bonds is 6. The van der Waals surface area contributed by atoms with E-state index < -0.39 is 10.2 Å². The van der Waals surface area contributed by atoms with E-state index in [4.69, 9.17) is 4.74 Å². The molecule has 0 aliphatic carbocycles. The number of hydrogen-bond donors (Lipinski definition) is 1. The van der Waals surface area contributed by atoms with Crippen molar-refractivity contribution in [2.45, 2.75) is 19.8 Å². The van der Waals surface area contributed by atoms with Crippen molar-refractivity contribution in [2.24, 2.45) is 0 Å². The van der Waals surface area contributed by atoms with Crippen LogP contribution < -0.4 is 15.0 Å². The molecule has 4 rings (SSSR count). The molecule has 9 nitrogen and oxygen atoms in total. The first kappa shape index (κ1) is 20.8. The second-order valence-corrected chi connectivity index (χ2v) is 9.48. The lowest BCUT2D eigenvalue weighted by molar-refractivity contribution is 0.342. The minimum atomic E-state index is -3.35. The lowest BCUT2D eigenvalue weighted by Crippen LogP contribution is -2.53. The maximum absolute atomic E-state index is 12.8. The minimum Gasteiger partial charge on any atom is -0.497 e. The van der Waals surface area contributed by atoms with Gasteiger partial charge in [0.1, 0.15) is 11.6 Å². The molecule has 0 spiro atoms. The van der Waals surface area contributed by atoms with E-state index in [1.807, 2.05) is 42.2 Å². The molecule has 30 heavy (non-hydrogen) atoms. The molecule has 162 valence electrons. The molecule has 0 bridgehead atoms. The maximum atomic E-state index is 12.8. The summed E-state index contributed by atoms with van der Waals surface area (Å²) >= 11 is 0. The van der Waals surface area contributed by atoms with Crippen molar-refractivity contribution in [1.29, 1.82) is 0 Å². The van der Waals surface area contributed by atoms with E-state index in [9.17, 15) is 8.42 Å². The van der Waals surface area contributed by atoms with Crippen LogP contribution in [0.4, 0.5) is 17.5 Å². The molecule has 0 radical (unpaired) electrons. The van der Waals surface area contributed by atoms with Crippen molar-refractivity contribution >= 4 is 27.7 Å². The summed E-state index contributed by atoms with van der Waals surface area (Å²) in [7, 11) is -1.72. The lowest BCUT2D eigenvalue weighted by Gasteiger charge is -2.35. The molecule has 1 aromatic heterocycles. The number of anilines is 3. The van der Waals surface area contributed by atoms with Crippen molar-refractivity contribution in [1.82, 2.24) is 18.6 Å². The maximum Gasteiger partial charge on any atom is 0.282 e. The van der Waals surface area contributed by atoms with E-state index in [-0.39, 0.29) is 0 Å². The fourth-order valence-electron chi connectivity index (χ4n) is 3.78. The Bertz CT molecular complexity index is 969. The Morgan fingerprint density at radius 1 is 0.933 bits per heavy atom. The third-order valence-corrected chi connectivity index (χ3v) is 7.48. The highest BCUT2D eigenvalue weighted by Crippen LogP contribution is 2.23. The van der Waals surface area contributed by atoms with Crippen LogP contribution in [0.3, 0.4) is 0 Å². The van der Waals surface area contributed by atoms with Crippen LogP contribution in [-0.2, 0) is 10.2 Å². The molecule has 2 fully saturated rings. The number of hydrogen-bond acceptors (Lipinski definition) is 7. The van der Waals surface area contributed by atoms with Crippen LogP contribution in [0.2, 0.25) is 0 Å². The number of aryl methyl sites for hydroxylation is 1. The Balaban J connectivity index is 1.43. The van der Waals surface area contributed by atoms with Crippen molar-refractivity contribution < 1.29 is 13.2 Å². The largest absolute Gasteiger partial charge is 0.497 e. The Morgan fingerprint density at radius 3 is 2.20 bits per heavy atom. The zero-order chi connectivity index (χ0) is 21.1. The summed E-state index contributed by atoms with van der Waals surface area (Å²) in [5.74, 6) is 2.11. The lowest BCUT2D eigenvalue weighted by atomic mass is 10.3. The Hall–Kier alpha value is -2.43. The van der Waals surface area contributed by atoms with Gasteiger partial charge in [-0.3, -0.25) is 0 Å². The van der Waals surface area contributed by atoms with Gasteiger partial charge in [-0.05, 0) is 44.0 Å². The average molecular weight is 433 g/mol. The van der Waals surface area contributed by atoms with Gasteiger partial charge in [-0.2, -0.15) is 22.0 Å². The number of nitrogens with zero attached hydrogens (tertiary/aromatic N) is 5. The summed E-state index contributed by atoms with van der Waals surface area (Å²) < 4.78 is 33.9. The molecule has 2 aliphatic rings. The van der Waals surface area contributed by atoms with Crippen LogP contribution in [0.5, 0.6) is 5.75 Å². The molecule has 1 N–H and O–H groups in total. The van der Waals surface area contributed by atoms with Gasteiger partial charge in [0.2, 0.25) is 5.95 Å². The van der Waals surface area contributed by atoms with Crippen LogP contribution in [-0.4, -0.2) is 73.4 Å². The molecule has 10 heteroatoms. The summed E-state index contributed by atoms with van der Waals surface area (Å²) in [4.78, 5) is 11.3. The zero-order valence-electron chi connectivity index (χ0n) is 17.4. The van der Waals surface area contributed by atoms with Crippen LogP contribution >= 0.6 is 0 Å². The van der Waals surface area contributed by atoms with Gasteiger partial charge in [-0.15, -0.1) is 0 Å². The summed E-state index contributed by atoms with van der Waals surface area (Å²) in [6, 6.07) is 9.52. The van der Waals surface area contributed by atoms with Gasteiger partial charge in [0.25, 0.3) is 10.2 Å². The zero-order valence-corrected chi connectivity index (χ0v) is 18.2. The number of ether oxygens (including phenoxy) is 1. The number of piperazine rings is 1. The van der Waals surface area contributed by atoms with Crippen LogP contribution in [0, 0.1) is 6.92 Å². The Morgan fingerprint density at radius 2 is 1.57 bits per heavy atom. The fourth-order valence-corrected chi connectivity index (χ4v) is 5.45. The molecule has 0 unspecified atom stereocenters. The molecular weight excluding hydrogens is 404 g/mol. The van der Waals surface area contributed by atoms with Crippen LogP contribution in [0.1, 0.15) is 18.5 Å². The predicted molar refractivity (Wildman–Crippen MR) is 117 cm³/mol. The Labute approximate surface area is 177 Å². The molecule has 2 saturated heterocycles. The molecular formula is C20H28N6O3S. The third kappa shape index (κ3) is 4.50. The molecule has 3 heterocycles. The molecule has 1 aromatic carbocycles. The summed E-state index contributed by atoms with van der Waals surface area (Å²) in [5.41, 5.74) is 1.75. The van der Waals surface area contributed by atoms with E-state index in [0.29, 0.717) is 51.0 Å². The smallest absolute Gasteiger partial charge is 0.282 e. The van der Waals surface area contributed by atoms with Gasteiger partial charge >= 0.3 is 0 Å². The van der Waals surface area contributed by atoms with E-state index >= 15 is 0 Å². The predicted octanol–water partition coefficient (Wildman–Crippen LogP) is 2.00. The summed E-state index contributed by atoms with van der Waals surface area (Å²) in [5, 5.41) is 3.30. The SMILES string of the molecule is COc1ccc(Nc2cc(C)nc(N3CCN(S(=O)(=O)N4CCCC4)CC3)n2)cc1. The molecule has 2 aliphatic heterocycles. The molecule has 0 amide bonds. The second kappa shape index (κ2) is 8.75. The first-order valence-corrected chi connectivity index (χ1v) is 11.6. The Kier molecular flexibility index (Phi) is 6.07. The monoisotopic (exact) mass is 432 g/mol. The van der Waals surface area contributed by atoms with Crippen molar-refractivity contribution in [3.63, 3.8) is 0 Å². The first-order valence-electron chi connectivity index (χ1n) is 10.2. The highest BCUT2D eigenvalue weighted by Gasteiger charge is 2.34. The molecule has 2 aromatic rings. The standard InChI is InChI=1S/C20H28N6O3S/c1-16-15-19(22-17-5-7-18(29-2)8-6-17)23-20(21-16)24-11-13-26(14-12-24)30(27,28)25-9-3-4-10-25/h5-8,15H,3-4,9-14H2,1-2H3,(H,21,22,23). The van der Waals surface area contributed by atoms with E-state index in [1.54, 1.807) is 15.7 Å². The fraction of sp³-hybridized carbons (Fsp3) is 0.500. The van der Waals surface area contributed by atoms with Gasteiger partial charge in [-0.1, -0.05) is 0 Å². The topological polar surface area (TPSA) is 90.9 Å². The van der Waals surface area contributed by atoms with Gasteiger partial charge < -0.3 is 15.0 Å². The molecule has 0 saturated carbocycles. The number of methoxy groups -OCH3 is 1. The third-order valence-electron chi connectivity index (χ3n) is 5.44. The van der Waals surface area contributed by atoms with E-state index in [0.717, 1.165) is 30.0 Å². The van der Waals surface area contributed by atoms with E-state index in [1.165, 1.54) is 0 Å². The van der Waals surface area contributed by atoms with Crippen molar-refractivity contribution in [2.75, 3.05) is 56.6 Å². The summed E-state index contributed by atoms with van der Waals surface area (Å²) in [6.07, 6.45) is 1.89. The highest BCUT2D eigenvalue weighted by molar-refractivity contribution is 7.86. The second-order valence-electron chi connectivity index (χ2n) is 7.55. The minimum absolute atomic E-state index is 0.442. The average Bonchev–Trinajstić information content (AvgIpc) is 3.30. The van der Waals surface area contributed by atoms with Crippen LogP contribution in [0.25, 0.3) is 0 Å². The highest BCUT2D eigenvalue weighted by atomic mass is 32.2. The molecule has 0 atom stereocenters. The van der Waals surface area contributed by atoms with Gasteiger partial charge in [-0.25, -0.2) is 4.98 Å². The normalized spacial score (nSPS) is 18.5. The van der Waals surface area contributed by atoms with Crippen LogP contribution in [0.15, 0.2) is 30.3 Å². The number of aromatic nitrogens is 2.